The van der Waals surface area contributed by atoms with Crippen LogP contribution in [0.5, 0.6) is 0 Å². The van der Waals surface area contributed by atoms with Crippen LogP contribution in [-0.2, 0) is 21.4 Å². The Morgan fingerprint density at radius 1 is 1.11 bits per heavy atom. The van der Waals surface area contributed by atoms with Crippen LogP contribution in [0.3, 0.4) is 0 Å². The number of piperazine rings is 1. The van der Waals surface area contributed by atoms with Gasteiger partial charge in [-0.25, -0.2) is 8.42 Å². The van der Waals surface area contributed by atoms with Gasteiger partial charge in [0.05, 0.1) is 11.4 Å². The molecule has 3 heterocycles. The van der Waals surface area contributed by atoms with Crippen molar-refractivity contribution in [3.63, 3.8) is 0 Å². The monoisotopic (exact) mass is 418 g/mol. The van der Waals surface area contributed by atoms with Crippen LogP contribution >= 0.6 is 11.3 Å². The second-order valence-electron chi connectivity index (χ2n) is 6.82. The molecule has 2 aliphatic heterocycles. The minimum Gasteiger partial charge on any atom is -0.340 e. The number of rotatable bonds is 5. The number of nitrogens with one attached hydrogen (secondary N) is 1. The number of hydrogen-bond donors (Lipinski definition) is 1. The molecule has 2 aromatic rings. The Morgan fingerprint density at radius 3 is 2.64 bits per heavy atom. The van der Waals surface area contributed by atoms with Crippen LogP contribution in [0.2, 0.25) is 0 Å². The predicted octanol–water partition coefficient (Wildman–Crippen LogP) is 1.52. The molecule has 1 fully saturated rings. The summed E-state index contributed by atoms with van der Waals surface area (Å²) < 4.78 is 26.6. The van der Waals surface area contributed by atoms with Gasteiger partial charge in [0, 0.05) is 49.6 Å². The molecule has 0 bridgehead atoms. The van der Waals surface area contributed by atoms with Gasteiger partial charge in [-0.15, -0.1) is 11.3 Å². The van der Waals surface area contributed by atoms with Gasteiger partial charge < -0.3 is 4.90 Å². The summed E-state index contributed by atoms with van der Waals surface area (Å²) in [5.74, 6) is 0.387. The van der Waals surface area contributed by atoms with E-state index in [2.05, 4.69) is 32.1 Å². The molecule has 0 aliphatic carbocycles. The Kier molecular flexibility index (Phi) is 5.47. The molecular weight excluding hydrogens is 396 g/mol. The van der Waals surface area contributed by atoms with Gasteiger partial charge in [-0.05, 0) is 23.6 Å². The number of carbonyl (C=O) groups excluding carboxylic acids is 1. The maximum atomic E-state index is 12.5. The van der Waals surface area contributed by atoms with E-state index in [1.165, 1.54) is 4.88 Å². The van der Waals surface area contributed by atoms with Crippen LogP contribution in [0.15, 0.2) is 51.7 Å². The Morgan fingerprint density at radius 2 is 1.89 bits per heavy atom. The van der Waals surface area contributed by atoms with Crippen LogP contribution in [0.25, 0.3) is 0 Å². The minimum atomic E-state index is -3.53. The summed E-state index contributed by atoms with van der Waals surface area (Å²) in [6, 6.07) is 10.9. The molecule has 0 saturated carbocycles. The number of thiophene rings is 1. The number of benzene rings is 1. The van der Waals surface area contributed by atoms with Crippen molar-refractivity contribution in [3.8, 4) is 0 Å². The summed E-state index contributed by atoms with van der Waals surface area (Å²) in [4.78, 5) is 22.6. The van der Waals surface area contributed by atoms with Crippen molar-refractivity contribution in [2.45, 2.75) is 17.9 Å². The van der Waals surface area contributed by atoms with Crippen LogP contribution in [-0.4, -0.2) is 62.7 Å². The van der Waals surface area contributed by atoms with Crippen molar-refractivity contribution in [2.75, 3.05) is 32.7 Å². The van der Waals surface area contributed by atoms with Crippen molar-refractivity contribution in [1.29, 1.82) is 0 Å². The standard InChI is InChI=1S/C19H22N4O3S2/c24-18(23-11-9-22(10-12-23)14-15-4-3-13-27-15)7-8-20-19-16-5-1-2-6-17(16)28(25,26)21-19/h1-6,13H,7-12,14H2,(H,20,21). The first-order valence-corrected chi connectivity index (χ1v) is 11.6. The maximum absolute atomic E-state index is 12.5. The molecule has 1 aromatic carbocycles. The number of fused-ring (bicyclic) bond motifs is 1. The third kappa shape index (κ3) is 4.11. The number of amides is 1. The highest BCUT2D eigenvalue weighted by Crippen LogP contribution is 2.22. The van der Waals surface area contributed by atoms with E-state index >= 15 is 0 Å². The zero-order valence-corrected chi connectivity index (χ0v) is 17.0. The van der Waals surface area contributed by atoms with Crippen molar-refractivity contribution >= 4 is 33.1 Å². The first-order valence-electron chi connectivity index (χ1n) is 9.22. The lowest BCUT2D eigenvalue weighted by molar-refractivity contribution is -0.132. The van der Waals surface area contributed by atoms with E-state index < -0.39 is 10.0 Å². The number of aliphatic imine (C=N–C) groups is 1. The summed E-state index contributed by atoms with van der Waals surface area (Å²) in [7, 11) is -3.53. The van der Waals surface area contributed by atoms with E-state index in [0.29, 0.717) is 11.4 Å². The second-order valence-corrected chi connectivity index (χ2v) is 9.50. The fourth-order valence-electron chi connectivity index (χ4n) is 3.45. The number of carbonyl (C=O) groups is 1. The molecule has 9 heteroatoms. The van der Waals surface area contributed by atoms with E-state index in [1.54, 1.807) is 35.6 Å². The third-order valence-corrected chi connectivity index (χ3v) is 7.20. The highest BCUT2D eigenvalue weighted by molar-refractivity contribution is 7.90. The Balaban J connectivity index is 1.28. The summed E-state index contributed by atoms with van der Waals surface area (Å²) in [6.07, 6.45) is 0.276. The van der Waals surface area contributed by atoms with E-state index in [1.807, 2.05) is 4.90 Å². The molecule has 7 nitrogen and oxygen atoms in total. The highest BCUT2D eigenvalue weighted by Gasteiger charge is 2.30. The molecule has 1 N–H and O–H groups in total. The van der Waals surface area contributed by atoms with Gasteiger partial charge >= 0.3 is 0 Å². The zero-order valence-electron chi connectivity index (χ0n) is 15.4. The molecule has 0 unspecified atom stereocenters. The molecule has 0 radical (unpaired) electrons. The molecule has 28 heavy (non-hydrogen) atoms. The molecule has 0 atom stereocenters. The second kappa shape index (κ2) is 8.02. The maximum Gasteiger partial charge on any atom is 0.263 e. The Bertz CT molecular complexity index is 978. The van der Waals surface area contributed by atoms with E-state index in [4.69, 9.17) is 0 Å². The fraction of sp³-hybridized carbons (Fsp3) is 0.368. The average molecular weight is 419 g/mol. The van der Waals surface area contributed by atoms with Crippen molar-refractivity contribution in [3.05, 3.63) is 52.2 Å². The Labute approximate surface area is 168 Å². The van der Waals surface area contributed by atoms with Gasteiger partial charge in [-0.2, -0.15) is 0 Å². The predicted molar refractivity (Wildman–Crippen MR) is 109 cm³/mol. The smallest absolute Gasteiger partial charge is 0.263 e. The first kappa shape index (κ1) is 19.1. The molecular formula is C19H22N4O3S2. The molecule has 148 valence electrons. The first-order chi connectivity index (χ1) is 13.5. The lowest BCUT2D eigenvalue weighted by atomic mass is 10.2. The van der Waals surface area contributed by atoms with Gasteiger partial charge in [-0.3, -0.25) is 19.4 Å². The SMILES string of the molecule is O=C(CCN=C1NS(=O)(=O)c2ccccc21)N1CCN(Cc2cccs2)CC1. The van der Waals surface area contributed by atoms with Crippen LogP contribution < -0.4 is 4.72 Å². The van der Waals surface area contributed by atoms with Gasteiger partial charge in [-0.1, -0.05) is 18.2 Å². The van der Waals surface area contributed by atoms with Gasteiger partial charge in [0.15, 0.2) is 0 Å². The molecule has 1 saturated heterocycles. The number of sulfonamides is 1. The van der Waals surface area contributed by atoms with Crippen molar-refractivity contribution in [2.24, 2.45) is 4.99 Å². The largest absolute Gasteiger partial charge is 0.340 e. The highest BCUT2D eigenvalue weighted by atomic mass is 32.2. The number of nitrogens with zero attached hydrogens (tertiary/aromatic N) is 3. The van der Waals surface area contributed by atoms with E-state index in [9.17, 15) is 13.2 Å². The minimum absolute atomic E-state index is 0.0641. The molecule has 1 amide bonds. The molecule has 2 aliphatic rings. The van der Waals surface area contributed by atoms with Gasteiger partial charge in [0.25, 0.3) is 10.0 Å². The van der Waals surface area contributed by atoms with E-state index in [-0.39, 0.29) is 23.8 Å². The van der Waals surface area contributed by atoms with Gasteiger partial charge in [0.2, 0.25) is 5.91 Å². The molecule has 4 rings (SSSR count). The summed E-state index contributed by atoms with van der Waals surface area (Å²) in [5.41, 5.74) is 0.567. The fourth-order valence-corrected chi connectivity index (χ4v) is 5.45. The molecule has 0 spiro atoms. The van der Waals surface area contributed by atoms with Crippen molar-refractivity contribution in [1.82, 2.24) is 14.5 Å². The number of amidine groups is 1. The molecule has 1 aromatic heterocycles. The lowest BCUT2D eigenvalue weighted by Crippen LogP contribution is -2.48. The van der Waals surface area contributed by atoms with Crippen LogP contribution in [0, 0.1) is 0 Å². The summed E-state index contributed by atoms with van der Waals surface area (Å²) in [5, 5.41) is 2.08. The zero-order chi connectivity index (χ0) is 19.6. The quantitative estimate of drug-likeness (QED) is 0.798. The van der Waals surface area contributed by atoms with Gasteiger partial charge in [0.1, 0.15) is 5.84 Å². The third-order valence-electron chi connectivity index (χ3n) is 4.94. The summed E-state index contributed by atoms with van der Waals surface area (Å²) >= 11 is 1.76. The normalized spacial score (nSPS) is 20.1. The summed E-state index contributed by atoms with van der Waals surface area (Å²) in [6.45, 7) is 4.37. The van der Waals surface area contributed by atoms with Crippen LogP contribution in [0.4, 0.5) is 0 Å². The number of hydrogen-bond acceptors (Lipinski definition) is 6. The lowest BCUT2D eigenvalue weighted by Gasteiger charge is -2.34. The topological polar surface area (TPSA) is 82.1 Å². The Hall–Kier alpha value is -2.23. The average Bonchev–Trinajstić information content (AvgIpc) is 3.29. The van der Waals surface area contributed by atoms with Crippen molar-refractivity contribution < 1.29 is 13.2 Å². The van der Waals surface area contributed by atoms with Crippen LogP contribution in [0.1, 0.15) is 16.9 Å². The van der Waals surface area contributed by atoms with E-state index in [0.717, 1.165) is 32.7 Å².